The van der Waals surface area contributed by atoms with Gasteiger partial charge in [-0.1, -0.05) is 38.1 Å². The van der Waals surface area contributed by atoms with Crippen molar-refractivity contribution in [3.8, 4) is 10.4 Å². The number of aryl methyl sites for hydroxylation is 1. The molecule has 0 radical (unpaired) electrons. The first-order valence-corrected chi connectivity index (χ1v) is 11.7. The average Bonchev–Trinajstić information content (AvgIpc) is 3.35. The Balaban J connectivity index is 1.52. The molecule has 1 saturated heterocycles. The predicted molar refractivity (Wildman–Crippen MR) is 127 cm³/mol. The van der Waals surface area contributed by atoms with Gasteiger partial charge in [0.25, 0.3) is 0 Å². The van der Waals surface area contributed by atoms with Crippen molar-refractivity contribution in [1.82, 2.24) is 14.9 Å². The molecule has 0 saturated carbocycles. The minimum absolute atomic E-state index is 0.129. The van der Waals surface area contributed by atoms with Gasteiger partial charge < -0.3 is 16.0 Å². The zero-order chi connectivity index (χ0) is 22.7. The van der Waals surface area contributed by atoms with E-state index in [4.69, 9.17) is 5.73 Å². The van der Waals surface area contributed by atoms with Gasteiger partial charge in [-0.2, -0.15) is 0 Å². The SMILES string of the molecule is CCc1cc(NC(=O)C(=O)N2C[C@@H](C)CC[C@@H]2c2ccc(-c3cncs3)cc2)cnc1N. The van der Waals surface area contributed by atoms with Crippen LogP contribution >= 0.6 is 11.3 Å². The van der Waals surface area contributed by atoms with Crippen LogP contribution in [0, 0.1) is 5.92 Å². The number of benzene rings is 1. The van der Waals surface area contributed by atoms with Crippen molar-refractivity contribution in [2.24, 2.45) is 5.92 Å². The maximum atomic E-state index is 13.2. The van der Waals surface area contributed by atoms with Crippen LogP contribution in [-0.4, -0.2) is 33.2 Å². The predicted octanol–water partition coefficient (Wildman–Crippen LogP) is 4.29. The molecule has 3 heterocycles. The van der Waals surface area contributed by atoms with Crippen LogP contribution in [0.5, 0.6) is 0 Å². The fourth-order valence-electron chi connectivity index (χ4n) is 4.14. The van der Waals surface area contributed by atoms with Crippen molar-refractivity contribution in [2.45, 2.75) is 39.2 Å². The molecule has 2 amide bonds. The third-order valence-electron chi connectivity index (χ3n) is 5.93. The molecule has 8 heteroatoms. The van der Waals surface area contributed by atoms with Crippen LogP contribution in [0.1, 0.15) is 43.9 Å². The standard InChI is InChI=1S/C24H27N5O2S/c1-3-16-10-19(11-27-22(16)25)28-23(30)24(31)29-13-15(2)4-9-20(29)17-5-7-18(8-6-17)21-12-26-14-32-21/h5-8,10-12,14-15,20H,3-4,9,13H2,1-2H3,(H2,25,27)(H,28,30)/t15-,20+/m0/s1. The minimum atomic E-state index is -0.654. The molecule has 1 aliphatic rings. The Morgan fingerprint density at radius 3 is 2.69 bits per heavy atom. The van der Waals surface area contributed by atoms with E-state index in [0.29, 0.717) is 30.4 Å². The van der Waals surface area contributed by atoms with E-state index in [0.717, 1.165) is 34.4 Å². The zero-order valence-corrected chi connectivity index (χ0v) is 19.1. The highest BCUT2D eigenvalue weighted by atomic mass is 32.1. The molecule has 166 valence electrons. The number of anilines is 2. The fourth-order valence-corrected chi connectivity index (χ4v) is 4.77. The summed E-state index contributed by atoms with van der Waals surface area (Å²) in [7, 11) is 0. The number of nitrogens with one attached hydrogen (secondary N) is 1. The van der Waals surface area contributed by atoms with E-state index < -0.39 is 11.8 Å². The van der Waals surface area contributed by atoms with Gasteiger partial charge in [-0.05, 0) is 47.9 Å². The number of nitrogens with zero attached hydrogens (tertiary/aromatic N) is 3. The number of nitrogen functional groups attached to an aromatic ring is 1. The molecule has 1 fully saturated rings. The topological polar surface area (TPSA) is 101 Å². The number of pyridine rings is 1. The van der Waals surface area contributed by atoms with Crippen molar-refractivity contribution >= 4 is 34.7 Å². The number of carbonyl (C=O) groups is 2. The largest absolute Gasteiger partial charge is 0.383 e. The van der Waals surface area contributed by atoms with Crippen molar-refractivity contribution in [2.75, 3.05) is 17.6 Å². The molecule has 0 spiro atoms. The number of rotatable bonds is 4. The normalized spacial score (nSPS) is 18.4. The third kappa shape index (κ3) is 4.65. The van der Waals surface area contributed by atoms with E-state index >= 15 is 0 Å². The van der Waals surface area contributed by atoms with Gasteiger partial charge in [0, 0.05) is 12.7 Å². The Kier molecular flexibility index (Phi) is 6.50. The van der Waals surface area contributed by atoms with Crippen molar-refractivity contribution in [3.63, 3.8) is 0 Å². The number of likely N-dealkylation sites (tertiary alicyclic amines) is 1. The third-order valence-corrected chi connectivity index (χ3v) is 6.75. The lowest BCUT2D eigenvalue weighted by atomic mass is 9.89. The summed E-state index contributed by atoms with van der Waals surface area (Å²) in [6.45, 7) is 4.62. The number of nitrogens with two attached hydrogens (primary N) is 1. The van der Waals surface area contributed by atoms with E-state index in [1.807, 2.05) is 30.8 Å². The first kappa shape index (κ1) is 22.0. The number of carbonyl (C=O) groups excluding carboxylic acids is 2. The number of thiazole rings is 1. The van der Waals surface area contributed by atoms with Crippen molar-refractivity contribution < 1.29 is 9.59 Å². The van der Waals surface area contributed by atoms with Gasteiger partial charge in [0.2, 0.25) is 0 Å². The first-order valence-electron chi connectivity index (χ1n) is 10.8. The molecule has 4 rings (SSSR count). The van der Waals surface area contributed by atoms with Crippen LogP contribution in [0.4, 0.5) is 11.5 Å². The Morgan fingerprint density at radius 1 is 1.22 bits per heavy atom. The lowest BCUT2D eigenvalue weighted by Gasteiger charge is -2.38. The summed E-state index contributed by atoms with van der Waals surface area (Å²) in [5.41, 5.74) is 11.1. The highest BCUT2D eigenvalue weighted by molar-refractivity contribution is 7.13. The number of piperidine rings is 1. The summed E-state index contributed by atoms with van der Waals surface area (Å²) in [5.74, 6) is -0.408. The monoisotopic (exact) mass is 449 g/mol. The lowest BCUT2D eigenvalue weighted by molar-refractivity contribution is -0.146. The van der Waals surface area contributed by atoms with Crippen LogP contribution < -0.4 is 11.1 Å². The van der Waals surface area contributed by atoms with E-state index in [2.05, 4.69) is 34.3 Å². The molecule has 0 bridgehead atoms. The van der Waals surface area contributed by atoms with Gasteiger partial charge in [-0.25, -0.2) is 4.98 Å². The quantitative estimate of drug-likeness (QED) is 0.579. The molecule has 0 unspecified atom stereocenters. The van der Waals surface area contributed by atoms with Gasteiger partial charge in [-0.15, -0.1) is 11.3 Å². The first-order chi connectivity index (χ1) is 15.5. The summed E-state index contributed by atoms with van der Waals surface area (Å²) < 4.78 is 0. The van der Waals surface area contributed by atoms with Gasteiger partial charge in [0.15, 0.2) is 0 Å². The second-order valence-corrected chi connectivity index (χ2v) is 9.11. The maximum Gasteiger partial charge on any atom is 0.313 e. The molecule has 32 heavy (non-hydrogen) atoms. The van der Waals surface area contributed by atoms with Gasteiger partial charge in [0.05, 0.1) is 28.3 Å². The molecule has 3 aromatic rings. The summed E-state index contributed by atoms with van der Waals surface area (Å²) in [5, 5.41) is 2.70. The summed E-state index contributed by atoms with van der Waals surface area (Å²) >= 11 is 1.59. The second-order valence-electron chi connectivity index (χ2n) is 8.22. The molecule has 1 aromatic carbocycles. The Labute approximate surface area is 191 Å². The fraction of sp³-hybridized carbons (Fsp3) is 0.333. The Bertz CT molecular complexity index is 1100. The molecule has 2 atom stereocenters. The summed E-state index contributed by atoms with van der Waals surface area (Å²) in [4.78, 5) is 37.0. The van der Waals surface area contributed by atoms with Crippen LogP contribution in [0.25, 0.3) is 10.4 Å². The van der Waals surface area contributed by atoms with Gasteiger partial charge >= 0.3 is 11.8 Å². The molecular formula is C24H27N5O2S. The Hall–Kier alpha value is -3.26. The average molecular weight is 450 g/mol. The highest BCUT2D eigenvalue weighted by Gasteiger charge is 2.34. The molecule has 0 aliphatic carbocycles. The lowest BCUT2D eigenvalue weighted by Crippen LogP contribution is -2.46. The molecular weight excluding hydrogens is 422 g/mol. The molecule has 2 aromatic heterocycles. The molecule has 3 N–H and O–H groups in total. The maximum absolute atomic E-state index is 13.2. The van der Waals surface area contributed by atoms with Crippen LogP contribution in [-0.2, 0) is 16.0 Å². The Morgan fingerprint density at radius 2 is 2.00 bits per heavy atom. The van der Waals surface area contributed by atoms with Crippen LogP contribution in [0.2, 0.25) is 0 Å². The van der Waals surface area contributed by atoms with E-state index in [-0.39, 0.29) is 6.04 Å². The summed E-state index contributed by atoms with van der Waals surface area (Å²) in [6, 6.07) is 9.83. The van der Waals surface area contributed by atoms with E-state index in [1.54, 1.807) is 22.3 Å². The number of hydrogen-bond acceptors (Lipinski definition) is 6. The van der Waals surface area contributed by atoms with Crippen LogP contribution in [0.3, 0.4) is 0 Å². The van der Waals surface area contributed by atoms with Crippen molar-refractivity contribution in [1.29, 1.82) is 0 Å². The zero-order valence-electron chi connectivity index (χ0n) is 18.2. The molecule has 7 nitrogen and oxygen atoms in total. The highest BCUT2D eigenvalue weighted by Crippen LogP contribution is 2.35. The van der Waals surface area contributed by atoms with Gasteiger partial charge in [-0.3, -0.25) is 14.6 Å². The van der Waals surface area contributed by atoms with Crippen molar-refractivity contribution in [3.05, 3.63) is 59.4 Å². The number of hydrogen-bond donors (Lipinski definition) is 2. The van der Waals surface area contributed by atoms with E-state index in [9.17, 15) is 9.59 Å². The van der Waals surface area contributed by atoms with E-state index in [1.165, 1.54) is 6.20 Å². The second kappa shape index (κ2) is 9.48. The van der Waals surface area contributed by atoms with Gasteiger partial charge in [0.1, 0.15) is 5.82 Å². The number of amides is 2. The van der Waals surface area contributed by atoms with Crippen LogP contribution in [0.15, 0.2) is 48.2 Å². The molecule has 1 aliphatic heterocycles. The summed E-state index contributed by atoms with van der Waals surface area (Å²) in [6.07, 6.45) is 5.85. The number of aromatic nitrogens is 2. The minimum Gasteiger partial charge on any atom is -0.383 e. The smallest absolute Gasteiger partial charge is 0.313 e.